The molecule has 0 aromatic heterocycles. The van der Waals surface area contributed by atoms with Crippen LogP contribution < -0.4 is 9.47 Å². The second-order valence-electron chi connectivity index (χ2n) is 4.93. The number of ether oxygens (including phenoxy) is 5. The standard InChI is InChI=1S/C18H28O6/c1-5-21-16-12-15(24-13-18(22-6-2)23-7-3)10-8-14(16)9-11-17(19)20-4/h8,10,12,18H,5-7,9,11,13H2,1-4H3. The minimum absolute atomic E-state index is 0.242. The summed E-state index contributed by atoms with van der Waals surface area (Å²) in [6, 6.07) is 5.58. The van der Waals surface area contributed by atoms with Crippen molar-refractivity contribution in [2.24, 2.45) is 0 Å². The van der Waals surface area contributed by atoms with Gasteiger partial charge in [0.15, 0.2) is 6.29 Å². The number of aryl methyl sites for hydroxylation is 1. The topological polar surface area (TPSA) is 63.2 Å². The fraction of sp³-hybridized carbons (Fsp3) is 0.611. The third-order valence-corrected chi connectivity index (χ3v) is 3.26. The van der Waals surface area contributed by atoms with Crippen LogP contribution in [0.25, 0.3) is 0 Å². The van der Waals surface area contributed by atoms with Crippen LogP contribution in [-0.4, -0.2) is 45.8 Å². The molecule has 0 aliphatic rings. The normalized spacial score (nSPS) is 10.7. The van der Waals surface area contributed by atoms with Gasteiger partial charge < -0.3 is 23.7 Å². The summed E-state index contributed by atoms with van der Waals surface area (Å²) >= 11 is 0. The third-order valence-electron chi connectivity index (χ3n) is 3.26. The zero-order valence-electron chi connectivity index (χ0n) is 15.0. The summed E-state index contributed by atoms with van der Waals surface area (Å²) in [4.78, 5) is 11.3. The zero-order chi connectivity index (χ0) is 17.8. The second-order valence-corrected chi connectivity index (χ2v) is 4.93. The first-order valence-electron chi connectivity index (χ1n) is 8.33. The van der Waals surface area contributed by atoms with Gasteiger partial charge in [-0.05, 0) is 38.8 Å². The van der Waals surface area contributed by atoms with Crippen molar-refractivity contribution < 1.29 is 28.5 Å². The lowest BCUT2D eigenvalue weighted by Gasteiger charge is -2.18. The van der Waals surface area contributed by atoms with Crippen LogP contribution in [0.15, 0.2) is 18.2 Å². The number of benzene rings is 1. The molecule has 136 valence electrons. The molecule has 0 unspecified atom stereocenters. The van der Waals surface area contributed by atoms with Crippen molar-refractivity contribution >= 4 is 5.97 Å². The van der Waals surface area contributed by atoms with Gasteiger partial charge in [-0.1, -0.05) is 6.07 Å². The molecule has 0 N–H and O–H groups in total. The number of hydrogen-bond donors (Lipinski definition) is 0. The maximum absolute atomic E-state index is 11.3. The van der Waals surface area contributed by atoms with Crippen LogP contribution in [0, 0.1) is 0 Å². The third kappa shape index (κ3) is 7.19. The molecule has 1 rings (SSSR count). The number of esters is 1. The number of hydrogen-bond acceptors (Lipinski definition) is 6. The fourth-order valence-electron chi connectivity index (χ4n) is 2.14. The Hall–Kier alpha value is -1.79. The summed E-state index contributed by atoms with van der Waals surface area (Å²) < 4.78 is 27.0. The van der Waals surface area contributed by atoms with Gasteiger partial charge in [0.05, 0.1) is 13.7 Å². The predicted octanol–water partition coefficient (Wildman–Crippen LogP) is 2.97. The first kappa shape index (κ1) is 20.3. The summed E-state index contributed by atoms with van der Waals surface area (Å²) in [7, 11) is 1.38. The van der Waals surface area contributed by atoms with E-state index >= 15 is 0 Å². The summed E-state index contributed by atoms with van der Waals surface area (Å²) in [5.74, 6) is 1.14. The van der Waals surface area contributed by atoms with Crippen molar-refractivity contribution in [2.45, 2.75) is 39.9 Å². The molecule has 1 aromatic carbocycles. The highest BCUT2D eigenvalue weighted by molar-refractivity contribution is 5.69. The van der Waals surface area contributed by atoms with Crippen LogP contribution in [0.3, 0.4) is 0 Å². The molecule has 24 heavy (non-hydrogen) atoms. The van der Waals surface area contributed by atoms with Crippen molar-refractivity contribution in [3.8, 4) is 11.5 Å². The van der Waals surface area contributed by atoms with Gasteiger partial charge in [0.1, 0.15) is 18.1 Å². The van der Waals surface area contributed by atoms with Gasteiger partial charge in [-0.25, -0.2) is 0 Å². The SMILES string of the molecule is CCOc1cc(OCC(OCC)OCC)ccc1CCC(=O)OC. The van der Waals surface area contributed by atoms with Gasteiger partial charge in [0.25, 0.3) is 0 Å². The highest BCUT2D eigenvalue weighted by Crippen LogP contribution is 2.26. The van der Waals surface area contributed by atoms with Crippen LogP contribution in [0.4, 0.5) is 0 Å². The Labute approximate surface area is 144 Å². The van der Waals surface area contributed by atoms with Crippen molar-refractivity contribution in [3.63, 3.8) is 0 Å². The Morgan fingerprint density at radius 3 is 2.33 bits per heavy atom. The van der Waals surface area contributed by atoms with Crippen molar-refractivity contribution in [2.75, 3.05) is 33.5 Å². The molecule has 0 saturated heterocycles. The molecule has 0 atom stereocenters. The lowest BCUT2D eigenvalue weighted by Crippen LogP contribution is -2.25. The van der Waals surface area contributed by atoms with E-state index in [0.717, 1.165) is 5.56 Å². The van der Waals surface area contributed by atoms with E-state index in [9.17, 15) is 4.79 Å². The molecular formula is C18H28O6. The summed E-state index contributed by atoms with van der Waals surface area (Å²) in [6.07, 6.45) is 0.477. The van der Waals surface area contributed by atoms with Gasteiger partial charge in [-0.3, -0.25) is 4.79 Å². The first-order chi connectivity index (χ1) is 11.6. The quantitative estimate of drug-likeness (QED) is 0.431. The van der Waals surface area contributed by atoms with E-state index in [-0.39, 0.29) is 5.97 Å². The molecule has 6 nitrogen and oxygen atoms in total. The average Bonchev–Trinajstić information content (AvgIpc) is 2.59. The highest BCUT2D eigenvalue weighted by Gasteiger charge is 2.12. The van der Waals surface area contributed by atoms with Crippen LogP contribution in [0.1, 0.15) is 32.8 Å². The largest absolute Gasteiger partial charge is 0.493 e. The Morgan fingerprint density at radius 1 is 1.04 bits per heavy atom. The molecule has 0 fully saturated rings. The van der Waals surface area contributed by atoms with E-state index in [1.54, 1.807) is 0 Å². The predicted molar refractivity (Wildman–Crippen MR) is 90.5 cm³/mol. The molecule has 0 heterocycles. The maximum Gasteiger partial charge on any atom is 0.305 e. The number of carbonyl (C=O) groups excluding carboxylic acids is 1. The molecular weight excluding hydrogens is 312 g/mol. The monoisotopic (exact) mass is 340 g/mol. The maximum atomic E-state index is 11.3. The first-order valence-corrected chi connectivity index (χ1v) is 8.33. The smallest absolute Gasteiger partial charge is 0.305 e. The molecule has 0 amide bonds. The van der Waals surface area contributed by atoms with Crippen LogP contribution in [0.2, 0.25) is 0 Å². The molecule has 0 spiro atoms. The minimum atomic E-state index is -0.394. The molecule has 0 bridgehead atoms. The molecule has 0 saturated carbocycles. The van der Waals surface area contributed by atoms with Gasteiger partial charge in [-0.2, -0.15) is 0 Å². The summed E-state index contributed by atoms with van der Waals surface area (Å²) in [5.41, 5.74) is 0.945. The minimum Gasteiger partial charge on any atom is -0.493 e. The van der Waals surface area contributed by atoms with Crippen LogP contribution in [-0.2, 0) is 25.4 Å². The van der Waals surface area contributed by atoms with E-state index in [2.05, 4.69) is 4.74 Å². The number of rotatable bonds is 12. The highest BCUT2D eigenvalue weighted by atomic mass is 16.7. The van der Waals surface area contributed by atoms with Crippen molar-refractivity contribution in [3.05, 3.63) is 23.8 Å². The van der Waals surface area contributed by atoms with E-state index in [4.69, 9.17) is 18.9 Å². The van der Waals surface area contributed by atoms with Gasteiger partial charge in [-0.15, -0.1) is 0 Å². The molecule has 1 aromatic rings. The lowest BCUT2D eigenvalue weighted by molar-refractivity contribution is -0.152. The fourth-order valence-corrected chi connectivity index (χ4v) is 2.14. The Bertz CT molecular complexity index is 482. The lowest BCUT2D eigenvalue weighted by atomic mass is 10.1. The zero-order valence-corrected chi connectivity index (χ0v) is 15.0. The average molecular weight is 340 g/mol. The van der Waals surface area contributed by atoms with E-state index < -0.39 is 6.29 Å². The molecule has 0 aliphatic heterocycles. The van der Waals surface area contributed by atoms with E-state index in [1.165, 1.54) is 7.11 Å². The van der Waals surface area contributed by atoms with Crippen LogP contribution in [0.5, 0.6) is 11.5 Å². The van der Waals surface area contributed by atoms with Gasteiger partial charge in [0, 0.05) is 25.7 Å². The van der Waals surface area contributed by atoms with E-state index in [0.29, 0.717) is 50.8 Å². The second kappa shape index (κ2) is 11.7. The number of carbonyl (C=O) groups is 1. The summed E-state index contributed by atoms with van der Waals surface area (Å²) in [5, 5.41) is 0. The molecule has 6 heteroatoms. The summed E-state index contributed by atoms with van der Waals surface area (Å²) in [6.45, 7) is 7.70. The molecule has 0 aliphatic carbocycles. The molecule has 0 radical (unpaired) electrons. The number of methoxy groups -OCH3 is 1. The van der Waals surface area contributed by atoms with E-state index in [1.807, 2.05) is 39.0 Å². The Morgan fingerprint density at radius 2 is 1.75 bits per heavy atom. The van der Waals surface area contributed by atoms with Crippen molar-refractivity contribution in [1.82, 2.24) is 0 Å². The van der Waals surface area contributed by atoms with Gasteiger partial charge in [0.2, 0.25) is 0 Å². The Kier molecular flexibility index (Phi) is 9.88. The van der Waals surface area contributed by atoms with Gasteiger partial charge >= 0.3 is 5.97 Å². The van der Waals surface area contributed by atoms with Crippen LogP contribution >= 0.6 is 0 Å². The van der Waals surface area contributed by atoms with Crippen molar-refractivity contribution in [1.29, 1.82) is 0 Å². The Balaban J connectivity index is 2.71.